The van der Waals surface area contributed by atoms with Crippen LogP contribution in [-0.2, 0) is 19.9 Å². The molecule has 1 spiro atoms. The molecule has 1 aromatic rings. The summed E-state index contributed by atoms with van der Waals surface area (Å²) in [7, 11) is 1.73. The third kappa shape index (κ3) is 1.83. The number of quaternary nitrogens is 1. The van der Waals surface area contributed by atoms with Gasteiger partial charge in [-0.25, -0.2) is 4.39 Å². The molecule has 4 atom stereocenters. The average Bonchev–Trinajstić information content (AvgIpc) is 3.19. The number of likely N-dealkylation sites (N-methyl/N-ethyl adjacent to an activating group) is 1. The Kier molecular flexibility index (Phi) is 3.42. The van der Waals surface area contributed by atoms with E-state index >= 15 is 0 Å². The second-order valence-electron chi connectivity index (χ2n) is 7.02. The van der Waals surface area contributed by atoms with E-state index in [1.807, 2.05) is 0 Å². The first kappa shape index (κ1) is 15.6. The van der Waals surface area contributed by atoms with Crippen molar-refractivity contribution in [3.8, 4) is 0 Å². The van der Waals surface area contributed by atoms with Gasteiger partial charge in [0, 0.05) is 31.9 Å². The largest absolute Gasteiger partial charge is 0.466 e. The highest BCUT2D eigenvalue weighted by Crippen LogP contribution is 2.46. The van der Waals surface area contributed by atoms with Crippen LogP contribution in [0.4, 0.5) is 10.1 Å². The maximum absolute atomic E-state index is 13.9. The van der Waals surface area contributed by atoms with Gasteiger partial charge >= 0.3 is 5.97 Å². The van der Waals surface area contributed by atoms with E-state index in [0.717, 1.165) is 35.5 Å². The quantitative estimate of drug-likeness (QED) is 0.808. The first-order valence-electron chi connectivity index (χ1n) is 8.61. The Labute approximate surface area is 140 Å². The summed E-state index contributed by atoms with van der Waals surface area (Å²) in [6.07, 6.45) is 2.28. The van der Waals surface area contributed by atoms with E-state index in [4.69, 9.17) is 4.74 Å². The number of ether oxygens (including phenoxy) is 1. The van der Waals surface area contributed by atoms with Gasteiger partial charge in [0.15, 0.2) is 0 Å². The molecule has 0 radical (unpaired) electrons. The van der Waals surface area contributed by atoms with Crippen LogP contribution in [0.3, 0.4) is 0 Å². The van der Waals surface area contributed by atoms with Gasteiger partial charge in [0.25, 0.3) is 5.91 Å². The lowest BCUT2D eigenvalue weighted by molar-refractivity contribution is -0.947. The van der Waals surface area contributed by atoms with E-state index < -0.39 is 5.54 Å². The molecule has 1 amide bonds. The summed E-state index contributed by atoms with van der Waals surface area (Å²) < 4.78 is 19.2. The van der Waals surface area contributed by atoms with Crippen LogP contribution in [0.1, 0.15) is 31.7 Å². The molecule has 6 heteroatoms. The molecule has 4 rings (SSSR count). The molecule has 3 aliphatic heterocycles. The van der Waals surface area contributed by atoms with Crippen LogP contribution in [0.5, 0.6) is 0 Å². The fraction of sp³-hybridized carbons (Fsp3) is 0.556. The van der Waals surface area contributed by atoms with Gasteiger partial charge in [-0.15, -0.1) is 0 Å². The first-order chi connectivity index (χ1) is 11.5. The SMILES string of the molecule is CCOC(=O)[C@@H]1C[C@]2(C(=O)N(C)c3ccc(F)cc32)[NH+]2CCC[C@H]12. The third-order valence-electron chi connectivity index (χ3n) is 6.01. The van der Waals surface area contributed by atoms with Crippen LogP contribution in [0.25, 0.3) is 0 Å². The lowest BCUT2D eigenvalue weighted by Gasteiger charge is -2.30. The number of carbonyl (C=O) groups excluding carboxylic acids is 2. The molecule has 0 bridgehead atoms. The molecule has 128 valence electrons. The van der Waals surface area contributed by atoms with Crippen LogP contribution in [0.15, 0.2) is 18.2 Å². The highest BCUT2D eigenvalue weighted by molar-refractivity contribution is 6.06. The molecule has 5 nitrogen and oxygen atoms in total. The van der Waals surface area contributed by atoms with E-state index in [1.165, 1.54) is 12.1 Å². The lowest BCUT2D eigenvalue weighted by Crippen LogP contribution is -3.19. The molecule has 3 aliphatic rings. The summed E-state index contributed by atoms with van der Waals surface area (Å²) in [6.45, 7) is 2.96. The molecule has 24 heavy (non-hydrogen) atoms. The zero-order chi connectivity index (χ0) is 17.1. The Hall–Kier alpha value is -1.95. The Morgan fingerprint density at radius 1 is 1.50 bits per heavy atom. The van der Waals surface area contributed by atoms with Gasteiger partial charge in [0.2, 0.25) is 5.54 Å². The molecular weight excluding hydrogens is 311 g/mol. The topological polar surface area (TPSA) is 51.1 Å². The fourth-order valence-corrected chi connectivity index (χ4v) is 5.11. The number of nitrogens with zero attached hydrogens (tertiary/aromatic N) is 1. The molecule has 0 aliphatic carbocycles. The second kappa shape index (κ2) is 5.28. The molecule has 1 N–H and O–H groups in total. The number of anilines is 1. The van der Waals surface area contributed by atoms with Crippen molar-refractivity contribution in [1.29, 1.82) is 0 Å². The van der Waals surface area contributed by atoms with Crippen molar-refractivity contribution in [3.63, 3.8) is 0 Å². The van der Waals surface area contributed by atoms with Gasteiger partial charge in [0.05, 0.1) is 18.8 Å². The van der Waals surface area contributed by atoms with Crippen molar-refractivity contribution < 1.29 is 23.6 Å². The van der Waals surface area contributed by atoms with Crippen LogP contribution in [-0.4, -0.2) is 38.1 Å². The van der Waals surface area contributed by atoms with E-state index in [2.05, 4.69) is 0 Å². The van der Waals surface area contributed by atoms with Crippen LogP contribution in [0.2, 0.25) is 0 Å². The zero-order valence-electron chi connectivity index (χ0n) is 14.0. The zero-order valence-corrected chi connectivity index (χ0v) is 14.0. The van der Waals surface area contributed by atoms with Gasteiger partial charge in [-0.1, -0.05) is 0 Å². The number of hydrogen-bond donors (Lipinski definition) is 1. The van der Waals surface area contributed by atoms with Crippen molar-refractivity contribution >= 4 is 17.6 Å². The summed E-state index contributed by atoms with van der Waals surface area (Å²) in [4.78, 5) is 28.4. The van der Waals surface area contributed by atoms with Gasteiger partial charge in [-0.2, -0.15) is 0 Å². The van der Waals surface area contributed by atoms with E-state index in [0.29, 0.717) is 13.0 Å². The first-order valence-corrected chi connectivity index (χ1v) is 8.61. The number of fused-ring (bicyclic) bond motifs is 4. The molecule has 2 saturated heterocycles. The maximum Gasteiger partial charge on any atom is 0.315 e. The summed E-state index contributed by atoms with van der Waals surface area (Å²) in [5.41, 5.74) is 0.637. The van der Waals surface area contributed by atoms with Crippen LogP contribution in [0, 0.1) is 11.7 Å². The molecule has 2 fully saturated rings. The Bertz CT molecular complexity index is 722. The molecule has 0 aromatic heterocycles. The number of hydrogen-bond acceptors (Lipinski definition) is 3. The lowest BCUT2D eigenvalue weighted by atomic mass is 9.84. The van der Waals surface area contributed by atoms with Crippen molar-refractivity contribution in [2.45, 2.75) is 37.8 Å². The smallest absolute Gasteiger partial charge is 0.315 e. The van der Waals surface area contributed by atoms with Gasteiger partial charge in [-0.05, 0) is 25.1 Å². The number of halogens is 1. The van der Waals surface area contributed by atoms with Gasteiger partial charge in [-0.3, -0.25) is 9.59 Å². The molecule has 1 unspecified atom stereocenters. The normalized spacial score (nSPS) is 33.9. The third-order valence-corrected chi connectivity index (χ3v) is 6.01. The Morgan fingerprint density at radius 3 is 3.04 bits per heavy atom. The minimum absolute atomic E-state index is 0.0307. The van der Waals surface area contributed by atoms with E-state index in [9.17, 15) is 14.0 Å². The molecule has 0 saturated carbocycles. The van der Waals surface area contributed by atoms with E-state index in [1.54, 1.807) is 24.9 Å². The number of benzene rings is 1. The predicted octanol–water partition coefficient (Wildman–Crippen LogP) is 0.628. The number of nitrogens with one attached hydrogen (secondary N) is 1. The van der Waals surface area contributed by atoms with Crippen molar-refractivity contribution in [3.05, 3.63) is 29.6 Å². The highest BCUT2D eigenvalue weighted by Gasteiger charge is 2.68. The summed E-state index contributed by atoms with van der Waals surface area (Å²) in [5.74, 6) is -0.893. The minimum Gasteiger partial charge on any atom is -0.466 e. The Balaban J connectivity index is 1.84. The van der Waals surface area contributed by atoms with Crippen molar-refractivity contribution in [2.75, 3.05) is 25.1 Å². The molecule has 3 heterocycles. The van der Waals surface area contributed by atoms with E-state index in [-0.39, 0.29) is 29.7 Å². The summed E-state index contributed by atoms with van der Waals surface area (Å²) in [5, 5.41) is 0. The van der Waals surface area contributed by atoms with Crippen LogP contribution >= 0.6 is 0 Å². The van der Waals surface area contributed by atoms with Crippen molar-refractivity contribution in [2.24, 2.45) is 5.92 Å². The van der Waals surface area contributed by atoms with Crippen molar-refractivity contribution in [1.82, 2.24) is 0 Å². The van der Waals surface area contributed by atoms with Gasteiger partial charge in [0.1, 0.15) is 17.8 Å². The van der Waals surface area contributed by atoms with Crippen LogP contribution < -0.4 is 9.80 Å². The predicted molar refractivity (Wildman–Crippen MR) is 85.1 cm³/mol. The number of amides is 1. The number of esters is 1. The standard InChI is InChI=1S/C18H21FN2O3/c1-3-24-16(22)12-10-18(21-8-4-5-14(12)21)13-9-11(19)6-7-15(13)20(2)17(18)23/h6-7,9,12,14H,3-5,8,10H2,1-2H3/p+1/t12-,14-,18+/m1/s1. The number of rotatable bonds is 2. The Morgan fingerprint density at radius 2 is 2.29 bits per heavy atom. The number of carbonyl (C=O) groups is 2. The monoisotopic (exact) mass is 333 g/mol. The summed E-state index contributed by atoms with van der Waals surface area (Å²) >= 11 is 0. The second-order valence-corrected chi connectivity index (χ2v) is 7.02. The maximum atomic E-state index is 13.9. The minimum atomic E-state index is -0.842. The molecule has 1 aromatic carbocycles. The highest BCUT2D eigenvalue weighted by atomic mass is 19.1. The molecular formula is C18H22FN2O3+. The summed E-state index contributed by atoms with van der Waals surface area (Å²) in [6, 6.07) is 4.61. The van der Waals surface area contributed by atoms with Gasteiger partial charge < -0.3 is 14.5 Å². The fourth-order valence-electron chi connectivity index (χ4n) is 5.11. The average molecular weight is 333 g/mol.